The molecule has 0 aliphatic heterocycles. The van der Waals surface area contributed by atoms with Crippen molar-refractivity contribution in [1.29, 1.82) is 0 Å². The Bertz CT molecular complexity index is 515. The van der Waals surface area contributed by atoms with E-state index in [1.165, 1.54) is 19.3 Å². The van der Waals surface area contributed by atoms with E-state index in [0.29, 0.717) is 17.5 Å². The predicted octanol–water partition coefficient (Wildman–Crippen LogP) is 5.29. The molecule has 1 aromatic carbocycles. The van der Waals surface area contributed by atoms with Gasteiger partial charge in [-0.1, -0.05) is 46.5 Å². The van der Waals surface area contributed by atoms with Gasteiger partial charge in [-0.2, -0.15) is 0 Å². The number of carbonyl (C=O) groups excluding carboxylic acids is 1. The minimum Gasteiger partial charge on any atom is -0.494 e. The Morgan fingerprint density at radius 1 is 1.12 bits per heavy atom. The Balaban J connectivity index is 2.26. The molecule has 1 aromatic rings. The lowest BCUT2D eigenvalue weighted by Crippen LogP contribution is -2.33. The maximum absolute atomic E-state index is 11.8. The van der Waals surface area contributed by atoms with Gasteiger partial charge in [-0.25, -0.2) is 0 Å². The number of anilines is 1. The molecule has 0 spiro atoms. The standard InChI is InChI=1S/C20H32N2O2S/c1-4-5-6-7-8-9-19(23)22-20(25)21-17-10-12-18(13-11-17)24-15-14-16(2)3/h10-13,16H,4-9,14-15H2,1-3H3,(H2,21,22,23,25). The normalized spacial score (nSPS) is 10.6. The minimum atomic E-state index is -0.0253. The summed E-state index contributed by atoms with van der Waals surface area (Å²) in [6.45, 7) is 7.26. The first kappa shape index (κ1) is 21.4. The van der Waals surface area contributed by atoms with E-state index in [1.807, 2.05) is 24.3 Å². The van der Waals surface area contributed by atoms with Crippen molar-refractivity contribution in [3.8, 4) is 5.75 Å². The maximum atomic E-state index is 11.8. The van der Waals surface area contributed by atoms with Gasteiger partial charge >= 0.3 is 0 Å². The van der Waals surface area contributed by atoms with Gasteiger partial charge in [-0.15, -0.1) is 0 Å². The third kappa shape index (κ3) is 10.8. The number of nitrogens with one attached hydrogen (secondary N) is 2. The summed E-state index contributed by atoms with van der Waals surface area (Å²) >= 11 is 5.19. The molecule has 0 unspecified atom stereocenters. The number of carbonyl (C=O) groups is 1. The molecule has 140 valence electrons. The molecule has 0 aliphatic carbocycles. The van der Waals surface area contributed by atoms with Crippen molar-refractivity contribution >= 4 is 28.9 Å². The zero-order chi connectivity index (χ0) is 18.5. The molecule has 0 heterocycles. The molecular weight excluding hydrogens is 332 g/mol. The van der Waals surface area contributed by atoms with Crippen molar-refractivity contribution in [2.45, 2.75) is 65.7 Å². The van der Waals surface area contributed by atoms with Crippen LogP contribution in [-0.4, -0.2) is 17.6 Å². The van der Waals surface area contributed by atoms with Gasteiger partial charge in [0.2, 0.25) is 5.91 Å². The number of hydrogen-bond donors (Lipinski definition) is 2. The lowest BCUT2D eigenvalue weighted by Gasteiger charge is -2.11. The van der Waals surface area contributed by atoms with Crippen molar-refractivity contribution in [1.82, 2.24) is 5.32 Å². The van der Waals surface area contributed by atoms with Crippen molar-refractivity contribution in [2.75, 3.05) is 11.9 Å². The summed E-state index contributed by atoms with van der Waals surface area (Å²) < 4.78 is 5.68. The van der Waals surface area contributed by atoms with Crippen LogP contribution in [0.3, 0.4) is 0 Å². The number of benzene rings is 1. The minimum absolute atomic E-state index is 0.0253. The Labute approximate surface area is 157 Å². The maximum Gasteiger partial charge on any atom is 0.226 e. The largest absolute Gasteiger partial charge is 0.494 e. The molecular formula is C20H32N2O2S. The highest BCUT2D eigenvalue weighted by Gasteiger charge is 2.05. The molecule has 0 saturated heterocycles. The quantitative estimate of drug-likeness (QED) is 0.414. The number of hydrogen-bond acceptors (Lipinski definition) is 3. The van der Waals surface area contributed by atoms with E-state index >= 15 is 0 Å². The molecule has 0 saturated carbocycles. The van der Waals surface area contributed by atoms with Gasteiger partial charge in [-0.3, -0.25) is 4.79 Å². The van der Waals surface area contributed by atoms with Crippen molar-refractivity contribution in [3.05, 3.63) is 24.3 Å². The van der Waals surface area contributed by atoms with Gasteiger partial charge < -0.3 is 15.4 Å². The van der Waals surface area contributed by atoms with Crippen LogP contribution in [0.4, 0.5) is 5.69 Å². The first-order valence-corrected chi connectivity index (χ1v) is 9.75. The second kappa shape index (κ2) is 12.7. The molecule has 5 heteroatoms. The van der Waals surface area contributed by atoms with Crippen LogP contribution in [0.2, 0.25) is 0 Å². The highest BCUT2D eigenvalue weighted by Crippen LogP contribution is 2.16. The Kier molecular flexibility index (Phi) is 10.9. The average molecular weight is 365 g/mol. The summed E-state index contributed by atoms with van der Waals surface area (Å²) in [4.78, 5) is 11.8. The monoisotopic (exact) mass is 364 g/mol. The Morgan fingerprint density at radius 2 is 1.80 bits per heavy atom. The third-order valence-electron chi connectivity index (χ3n) is 3.84. The summed E-state index contributed by atoms with van der Waals surface area (Å²) in [6.07, 6.45) is 7.21. The first-order chi connectivity index (χ1) is 12.0. The van der Waals surface area contributed by atoms with E-state index in [4.69, 9.17) is 17.0 Å². The number of rotatable bonds is 11. The summed E-state index contributed by atoms with van der Waals surface area (Å²) in [5.74, 6) is 1.45. The predicted molar refractivity (Wildman–Crippen MR) is 109 cm³/mol. The lowest BCUT2D eigenvalue weighted by atomic mass is 10.1. The fourth-order valence-corrected chi connectivity index (χ4v) is 2.52. The van der Waals surface area contributed by atoms with Crippen LogP contribution in [0.25, 0.3) is 0 Å². The molecule has 1 rings (SSSR count). The Hall–Kier alpha value is -1.62. The van der Waals surface area contributed by atoms with Gasteiger partial charge in [0.05, 0.1) is 6.61 Å². The van der Waals surface area contributed by atoms with E-state index in [1.54, 1.807) is 0 Å². The van der Waals surface area contributed by atoms with Gasteiger partial charge in [-0.05, 0) is 55.2 Å². The van der Waals surface area contributed by atoms with Crippen LogP contribution < -0.4 is 15.4 Å². The molecule has 4 nitrogen and oxygen atoms in total. The van der Waals surface area contributed by atoms with E-state index in [-0.39, 0.29) is 5.91 Å². The molecule has 2 N–H and O–H groups in total. The molecule has 0 radical (unpaired) electrons. The SMILES string of the molecule is CCCCCCCC(=O)NC(=S)Nc1ccc(OCCC(C)C)cc1. The van der Waals surface area contributed by atoms with Crippen LogP contribution >= 0.6 is 12.2 Å². The molecule has 25 heavy (non-hydrogen) atoms. The lowest BCUT2D eigenvalue weighted by molar-refractivity contribution is -0.119. The number of ether oxygens (including phenoxy) is 1. The molecule has 0 atom stereocenters. The fourth-order valence-electron chi connectivity index (χ4n) is 2.29. The molecule has 0 aromatic heterocycles. The molecule has 0 bridgehead atoms. The van der Waals surface area contributed by atoms with E-state index in [0.717, 1.165) is 37.3 Å². The fraction of sp³-hybridized carbons (Fsp3) is 0.600. The smallest absolute Gasteiger partial charge is 0.226 e. The number of thiocarbonyl (C=S) groups is 1. The highest BCUT2D eigenvalue weighted by atomic mass is 32.1. The van der Waals surface area contributed by atoms with Gasteiger partial charge in [0.15, 0.2) is 5.11 Å². The molecule has 0 aliphatic rings. The van der Waals surface area contributed by atoms with Crippen LogP contribution in [0.5, 0.6) is 5.75 Å². The van der Waals surface area contributed by atoms with Crippen LogP contribution in [-0.2, 0) is 4.79 Å². The van der Waals surface area contributed by atoms with Gasteiger partial charge in [0.1, 0.15) is 5.75 Å². The Morgan fingerprint density at radius 3 is 2.44 bits per heavy atom. The van der Waals surface area contributed by atoms with E-state index in [9.17, 15) is 4.79 Å². The van der Waals surface area contributed by atoms with E-state index in [2.05, 4.69) is 31.4 Å². The topological polar surface area (TPSA) is 50.4 Å². The first-order valence-electron chi connectivity index (χ1n) is 9.35. The van der Waals surface area contributed by atoms with Crippen LogP contribution in [0.15, 0.2) is 24.3 Å². The van der Waals surface area contributed by atoms with Crippen LogP contribution in [0, 0.1) is 5.92 Å². The van der Waals surface area contributed by atoms with E-state index < -0.39 is 0 Å². The average Bonchev–Trinajstić information content (AvgIpc) is 2.56. The molecule has 0 fully saturated rings. The second-order valence-corrected chi connectivity index (χ2v) is 7.13. The zero-order valence-corrected chi connectivity index (χ0v) is 16.6. The van der Waals surface area contributed by atoms with Crippen LogP contribution in [0.1, 0.15) is 65.7 Å². The number of amides is 1. The molecule has 1 amide bonds. The summed E-state index contributed by atoms with van der Waals surface area (Å²) in [7, 11) is 0. The van der Waals surface area contributed by atoms with Gasteiger partial charge in [0, 0.05) is 12.1 Å². The summed E-state index contributed by atoms with van der Waals surface area (Å²) in [5.41, 5.74) is 0.837. The highest BCUT2D eigenvalue weighted by molar-refractivity contribution is 7.80. The second-order valence-electron chi connectivity index (χ2n) is 6.72. The third-order valence-corrected chi connectivity index (χ3v) is 4.04. The van der Waals surface area contributed by atoms with Gasteiger partial charge in [0.25, 0.3) is 0 Å². The van der Waals surface area contributed by atoms with Crippen molar-refractivity contribution in [2.24, 2.45) is 5.92 Å². The summed E-state index contributed by atoms with van der Waals surface area (Å²) in [5, 5.41) is 6.10. The number of unbranched alkanes of at least 4 members (excludes halogenated alkanes) is 4. The zero-order valence-electron chi connectivity index (χ0n) is 15.8. The summed E-state index contributed by atoms with van der Waals surface area (Å²) in [6, 6.07) is 7.60. The van der Waals surface area contributed by atoms with Crippen molar-refractivity contribution in [3.63, 3.8) is 0 Å². The van der Waals surface area contributed by atoms with Crippen molar-refractivity contribution < 1.29 is 9.53 Å².